The number of nitrogens with zero attached hydrogens (tertiary/aromatic N) is 1. The smallest absolute Gasteiger partial charge is 0.293 e. The van der Waals surface area contributed by atoms with E-state index >= 15 is 0 Å². The van der Waals surface area contributed by atoms with Crippen LogP contribution in [0, 0.1) is 19.5 Å². The minimum absolute atomic E-state index is 0.194. The van der Waals surface area contributed by atoms with Crippen molar-refractivity contribution >= 4 is 90.1 Å². The molecular formula is C20H12BrI2NO3S. The Morgan fingerprint density at radius 2 is 1.89 bits per heavy atom. The number of rotatable bonds is 5. The third kappa shape index (κ3) is 4.93. The summed E-state index contributed by atoms with van der Waals surface area (Å²) < 4.78 is 8.20. The van der Waals surface area contributed by atoms with Gasteiger partial charge in [-0.1, -0.05) is 40.0 Å². The van der Waals surface area contributed by atoms with E-state index in [0.717, 1.165) is 40.3 Å². The Bertz CT molecular complexity index is 1010. The van der Waals surface area contributed by atoms with Crippen molar-refractivity contribution in [3.63, 3.8) is 0 Å². The summed E-state index contributed by atoms with van der Waals surface area (Å²) in [4.78, 5) is 26.8. The Labute approximate surface area is 202 Å². The maximum atomic E-state index is 12.8. The molecular weight excluding hydrogens is 668 g/mol. The molecule has 2 aromatic rings. The number of halogens is 3. The molecule has 2 aromatic carbocycles. The normalized spacial score (nSPS) is 15.2. The number of hydrogen-bond acceptors (Lipinski definition) is 4. The zero-order valence-electron chi connectivity index (χ0n) is 14.2. The summed E-state index contributed by atoms with van der Waals surface area (Å²) in [7, 11) is 0. The van der Waals surface area contributed by atoms with Crippen molar-refractivity contribution in [1.29, 1.82) is 0 Å². The predicted octanol–water partition coefficient (Wildman–Crippen LogP) is 5.91. The molecule has 1 aliphatic rings. The molecule has 8 heteroatoms. The Morgan fingerprint density at radius 3 is 2.54 bits per heavy atom. The molecule has 0 N–H and O–H groups in total. The topological polar surface area (TPSA) is 46.6 Å². The van der Waals surface area contributed by atoms with Gasteiger partial charge in [-0.2, -0.15) is 0 Å². The van der Waals surface area contributed by atoms with Gasteiger partial charge < -0.3 is 4.74 Å². The Morgan fingerprint density at radius 1 is 1.21 bits per heavy atom. The minimum atomic E-state index is -0.288. The fourth-order valence-corrected chi connectivity index (χ4v) is 5.88. The first-order valence-electron chi connectivity index (χ1n) is 7.94. The van der Waals surface area contributed by atoms with Crippen LogP contribution in [0.4, 0.5) is 4.79 Å². The predicted molar refractivity (Wildman–Crippen MR) is 132 cm³/mol. The van der Waals surface area contributed by atoms with Crippen molar-refractivity contribution in [2.24, 2.45) is 0 Å². The van der Waals surface area contributed by atoms with Crippen molar-refractivity contribution in [3.8, 4) is 18.1 Å². The van der Waals surface area contributed by atoms with E-state index < -0.39 is 0 Å². The van der Waals surface area contributed by atoms with Crippen molar-refractivity contribution in [1.82, 2.24) is 4.90 Å². The summed E-state index contributed by atoms with van der Waals surface area (Å²) in [5, 5.41) is -0.273. The highest BCUT2D eigenvalue weighted by molar-refractivity contribution is 14.1. The van der Waals surface area contributed by atoms with Gasteiger partial charge in [-0.15, -0.1) is 6.42 Å². The summed E-state index contributed by atoms with van der Waals surface area (Å²) in [6.07, 6.45) is 6.99. The molecule has 1 aliphatic heterocycles. The highest BCUT2D eigenvalue weighted by atomic mass is 127. The van der Waals surface area contributed by atoms with E-state index in [9.17, 15) is 9.59 Å². The monoisotopic (exact) mass is 679 g/mol. The molecule has 0 unspecified atom stereocenters. The molecule has 142 valence electrons. The molecule has 2 amide bonds. The van der Waals surface area contributed by atoms with Crippen LogP contribution in [0.15, 0.2) is 45.8 Å². The molecule has 0 aromatic heterocycles. The minimum Gasteiger partial charge on any atom is -0.479 e. The number of terminal acetylenes is 1. The van der Waals surface area contributed by atoms with Gasteiger partial charge in [-0.25, -0.2) is 0 Å². The van der Waals surface area contributed by atoms with Crippen molar-refractivity contribution < 1.29 is 14.3 Å². The lowest BCUT2D eigenvalue weighted by Crippen LogP contribution is -2.27. The number of imide groups is 1. The Kier molecular flexibility index (Phi) is 7.47. The van der Waals surface area contributed by atoms with Crippen LogP contribution in [0.2, 0.25) is 0 Å². The van der Waals surface area contributed by atoms with Crippen molar-refractivity contribution in [2.75, 3.05) is 6.61 Å². The number of carbonyl (C=O) groups excluding carboxylic acids is 2. The molecule has 0 aliphatic carbocycles. The van der Waals surface area contributed by atoms with Crippen LogP contribution < -0.4 is 4.74 Å². The van der Waals surface area contributed by atoms with E-state index in [0.29, 0.717) is 4.91 Å². The maximum absolute atomic E-state index is 12.8. The maximum Gasteiger partial charge on any atom is 0.293 e. The standard InChI is InChI=1S/C20H12BrI2NO3S/c1-2-7-27-18-15(22)8-12(9-16(18)23)10-17-19(25)24(20(26)28-17)11-13-5-3-4-6-14(13)21/h1,3-6,8-10H,7,11H2/b17-10-. The lowest BCUT2D eigenvalue weighted by Gasteiger charge is -2.13. The van der Waals surface area contributed by atoms with E-state index in [1.807, 2.05) is 36.4 Å². The van der Waals surface area contributed by atoms with Gasteiger partial charge in [-0.3, -0.25) is 14.5 Å². The summed E-state index contributed by atoms with van der Waals surface area (Å²) >= 11 is 8.74. The number of amides is 2. The number of benzene rings is 2. The van der Waals surface area contributed by atoms with E-state index in [4.69, 9.17) is 11.2 Å². The molecule has 4 nitrogen and oxygen atoms in total. The van der Waals surface area contributed by atoms with Crippen LogP contribution in [-0.4, -0.2) is 22.7 Å². The van der Waals surface area contributed by atoms with Gasteiger partial charge in [0.1, 0.15) is 12.4 Å². The first-order valence-corrected chi connectivity index (χ1v) is 11.7. The number of thioether (sulfide) groups is 1. The van der Waals surface area contributed by atoms with Gasteiger partial charge in [0.25, 0.3) is 11.1 Å². The average Bonchev–Trinajstić information content (AvgIpc) is 2.90. The lowest BCUT2D eigenvalue weighted by molar-refractivity contribution is -0.123. The molecule has 28 heavy (non-hydrogen) atoms. The summed E-state index contributed by atoms with van der Waals surface area (Å²) in [6, 6.07) is 11.3. The van der Waals surface area contributed by atoms with Crippen molar-refractivity contribution in [3.05, 3.63) is 64.0 Å². The van der Waals surface area contributed by atoms with E-state index in [-0.39, 0.29) is 24.3 Å². The number of ether oxygens (including phenoxy) is 1. The van der Waals surface area contributed by atoms with Gasteiger partial charge in [-0.05, 0) is 92.3 Å². The first kappa shape index (κ1) is 21.7. The van der Waals surface area contributed by atoms with Crippen LogP contribution in [0.1, 0.15) is 11.1 Å². The second-order valence-corrected chi connectivity index (χ2v) is 9.84. The number of carbonyl (C=O) groups is 2. The van der Waals surface area contributed by atoms with Gasteiger partial charge in [0.15, 0.2) is 0 Å². The second kappa shape index (κ2) is 9.65. The van der Waals surface area contributed by atoms with Crippen LogP contribution in [0.25, 0.3) is 6.08 Å². The molecule has 1 heterocycles. The third-order valence-corrected chi connectivity index (χ3v) is 7.06. The fourth-order valence-electron chi connectivity index (χ4n) is 2.50. The SMILES string of the molecule is C#CCOc1c(I)cc(/C=C2\SC(=O)N(Cc3ccccc3Br)C2=O)cc1I. The fraction of sp³-hybridized carbons (Fsp3) is 0.100. The van der Waals surface area contributed by atoms with E-state index in [2.05, 4.69) is 67.0 Å². The van der Waals surface area contributed by atoms with Gasteiger partial charge in [0.2, 0.25) is 0 Å². The largest absolute Gasteiger partial charge is 0.479 e. The quantitative estimate of drug-likeness (QED) is 0.224. The number of hydrogen-bond donors (Lipinski definition) is 0. The lowest BCUT2D eigenvalue weighted by atomic mass is 10.2. The first-order chi connectivity index (χ1) is 13.4. The summed E-state index contributed by atoms with van der Waals surface area (Å²) in [5.74, 6) is 2.88. The summed E-state index contributed by atoms with van der Waals surface area (Å²) in [6.45, 7) is 0.427. The highest BCUT2D eigenvalue weighted by Gasteiger charge is 2.35. The van der Waals surface area contributed by atoms with Crippen molar-refractivity contribution in [2.45, 2.75) is 6.54 Å². The molecule has 0 radical (unpaired) electrons. The molecule has 3 rings (SSSR count). The molecule has 1 saturated heterocycles. The van der Waals surface area contributed by atoms with Crippen LogP contribution in [-0.2, 0) is 11.3 Å². The van der Waals surface area contributed by atoms with Gasteiger partial charge in [0, 0.05) is 4.47 Å². The highest BCUT2D eigenvalue weighted by Crippen LogP contribution is 2.36. The zero-order valence-corrected chi connectivity index (χ0v) is 21.0. The van der Waals surface area contributed by atoms with E-state index in [1.54, 1.807) is 6.08 Å². The van der Waals surface area contributed by atoms with Crippen LogP contribution in [0.3, 0.4) is 0 Å². The Hall–Kier alpha value is -1.03. The summed E-state index contributed by atoms with van der Waals surface area (Å²) in [5.41, 5.74) is 1.71. The zero-order chi connectivity index (χ0) is 20.3. The molecule has 0 saturated carbocycles. The molecule has 0 atom stereocenters. The van der Waals surface area contributed by atoms with Crippen LogP contribution in [0.5, 0.6) is 5.75 Å². The molecule has 0 spiro atoms. The van der Waals surface area contributed by atoms with Gasteiger partial charge >= 0.3 is 0 Å². The van der Waals surface area contributed by atoms with Crippen LogP contribution >= 0.6 is 72.9 Å². The molecule has 1 fully saturated rings. The van der Waals surface area contributed by atoms with E-state index in [1.165, 1.54) is 4.90 Å². The average molecular weight is 680 g/mol. The third-order valence-electron chi connectivity index (χ3n) is 3.78. The Balaban J connectivity index is 1.84. The van der Waals surface area contributed by atoms with Gasteiger partial charge in [0.05, 0.1) is 18.6 Å². The molecule has 0 bridgehead atoms. The second-order valence-electron chi connectivity index (χ2n) is 5.67.